The summed E-state index contributed by atoms with van der Waals surface area (Å²) in [6.07, 6.45) is 0.753. The fourth-order valence-electron chi connectivity index (χ4n) is 0.713. The second kappa shape index (κ2) is 4.28. The standard InChI is InChI=1S/C9H9NO2/c10-6-8(11)7-12-9-4-2-1-3-5-9/h1-6,10H,7H2. The van der Waals surface area contributed by atoms with E-state index in [0.717, 1.165) is 6.21 Å². The maximum absolute atomic E-state index is 10.6. The fraction of sp³-hybridized carbons (Fsp3) is 0.111. The number of ketones is 1. The molecule has 3 heteroatoms. The van der Waals surface area contributed by atoms with Crippen LogP contribution in [0.15, 0.2) is 30.3 Å². The first-order valence-corrected chi connectivity index (χ1v) is 3.54. The van der Waals surface area contributed by atoms with Crippen molar-refractivity contribution in [3.63, 3.8) is 0 Å². The van der Waals surface area contributed by atoms with E-state index in [4.69, 9.17) is 10.1 Å². The molecule has 0 saturated carbocycles. The van der Waals surface area contributed by atoms with Crippen molar-refractivity contribution in [2.45, 2.75) is 0 Å². The summed E-state index contributed by atoms with van der Waals surface area (Å²) < 4.78 is 5.06. The normalized spacial score (nSPS) is 9.00. The molecule has 0 unspecified atom stereocenters. The van der Waals surface area contributed by atoms with Crippen LogP contribution in [0.3, 0.4) is 0 Å². The summed E-state index contributed by atoms with van der Waals surface area (Å²) in [5.41, 5.74) is 0. The average Bonchev–Trinajstić information content (AvgIpc) is 2.16. The van der Waals surface area contributed by atoms with Gasteiger partial charge < -0.3 is 10.1 Å². The van der Waals surface area contributed by atoms with Crippen molar-refractivity contribution in [3.05, 3.63) is 30.3 Å². The Balaban J connectivity index is 2.43. The predicted molar refractivity (Wildman–Crippen MR) is 45.7 cm³/mol. The van der Waals surface area contributed by atoms with Gasteiger partial charge in [0.2, 0.25) is 5.78 Å². The molecule has 0 aromatic heterocycles. The highest BCUT2D eigenvalue weighted by Crippen LogP contribution is 2.07. The van der Waals surface area contributed by atoms with Gasteiger partial charge in [-0.1, -0.05) is 18.2 Å². The maximum atomic E-state index is 10.6. The van der Waals surface area contributed by atoms with Gasteiger partial charge in [0.1, 0.15) is 5.75 Å². The highest BCUT2D eigenvalue weighted by molar-refractivity contribution is 6.26. The lowest BCUT2D eigenvalue weighted by Crippen LogP contribution is -2.11. The first-order chi connectivity index (χ1) is 5.83. The monoisotopic (exact) mass is 163 g/mol. The second-order valence-electron chi connectivity index (χ2n) is 2.21. The third kappa shape index (κ3) is 2.54. The van der Waals surface area contributed by atoms with Crippen LogP contribution in [0.25, 0.3) is 0 Å². The molecular weight excluding hydrogens is 154 g/mol. The number of carbonyl (C=O) groups excluding carboxylic acids is 1. The number of carbonyl (C=O) groups is 1. The summed E-state index contributed by atoms with van der Waals surface area (Å²) in [6, 6.07) is 9.04. The van der Waals surface area contributed by atoms with Gasteiger partial charge in [-0.15, -0.1) is 0 Å². The van der Waals surface area contributed by atoms with E-state index in [1.807, 2.05) is 18.2 Å². The first-order valence-electron chi connectivity index (χ1n) is 3.54. The van der Waals surface area contributed by atoms with Crippen LogP contribution < -0.4 is 4.74 Å². The predicted octanol–water partition coefficient (Wildman–Crippen LogP) is 1.28. The van der Waals surface area contributed by atoms with Crippen LogP contribution in [0.1, 0.15) is 0 Å². The van der Waals surface area contributed by atoms with Crippen molar-refractivity contribution in [1.82, 2.24) is 0 Å². The summed E-state index contributed by atoms with van der Waals surface area (Å²) in [5.74, 6) is 0.312. The number of ether oxygens (including phenoxy) is 1. The Morgan fingerprint density at radius 2 is 2.08 bits per heavy atom. The lowest BCUT2D eigenvalue weighted by Gasteiger charge is -2.01. The van der Waals surface area contributed by atoms with Gasteiger partial charge in [0, 0.05) is 0 Å². The Morgan fingerprint density at radius 3 is 2.67 bits per heavy atom. The summed E-state index contributed by atoms with van der Waals surface area (Å²) >= 11 is 0. The first kappa shape index (κ1) is 8.46. The van der Waals surface area contributed by atoms with Gasteiger partial charge in [0.05, 0.1) is 6.21 Å². The van der Waals surface area contributed by atoms with Gasteiger partial charge in [-0.05, 0) is 12.1 Å². The molecule has 3 nitrogen and oxygen atoms in total. The molecule has 1 aromatic carbocycles. The van der Waals surface area contributed by atoms with Gasteiger partial charge in [0.25, 0.3) is 0 Å². The van der Waals surface area contributed by atoms with Gasteiger partial charge in [0.15, 0.2) is 6.61 Å². The minimum Gasteiger partial charge on any atom is -0.485 e. The van der Waals surface area contributed by atoms with E-state index in [1.165, 1.54) is 0 Å². The Bertz CT molecular complexity index is 269. The molecule has 0 bridgehead atoms. The molecule has 1 aromatic rings. The van der Waals surface area contributed by atoms with Gasteiger partial charge >= 0.3 is 0 Å². The van der Waals surface area contributed by atoms with E-state index in [1.54, 1.807) is 12.1 Å². The number of Topliss-reactive ketones (excluding diaryl/α,β-unsaturated/α-hetero) is 1. The van der Waals surface area contributed by atoms with Crippen molar-refractivity contribution >= 4 is 12.0 Å². The van der Waals surface area contributed by atoms with E-state index in [2.05, 4.69) is 0 Å². The topological polar surface area (TPSA) is 50.2 Å². The zero-order valence-corrected chi connectivity index (χ0v) is 6.49. The summed E-state index contributed by atoms with van der Waals surface area (Å²) in [6.45, 7) is -0.0620. The molecule has 0 aliphatic carbocycles. The highest BCUT2D eigenvalue weighted by atomic mass is 16.5. The SMILES string of the molecule is N=CC(=O)COc1ccccc1. The molecule has 12 heavy (non-hydrogen) atoms. The molecule has 62 valence electrons. The number of nitrogens with one attached hydrogen (secondary N) is 1. The molecule has 0 saturated heterocycles. The van der Waals surface area contributed by atoms with Crippen molar-refractivity contribution in [2.24, 2.45) is 0 Å². The minimum atomic E-state index is -0.334. The van der Waals surface area contributed by atoms with Crippen LogP contribution in [0.4, 0.5) is 0 Å². The molecule has 0 spiro atoms. The summed E-state index contributed by atoms with van der Waals surface area (Å²) in [7, 11) is 0. The quantitative estimate of drug-likeness (QED) is 0.680. The lowest BCUT2D eigenvalue weighted by molar-refractivity contribution is -0.114. The van der Waals surface area contributed by atoms with E-state index in [0.29, 0.717) is 5.75 Å². The van der Waals surface area contributed by atoms with Crippen LogP contribution in [0.5, 0.6) is 5.75 Å². The van der Waals surface area contributed by atoms with E-state index < -0.39 is 0 Å². The highest BCUT2D eigenvalue weighted by Gasteiger charge is 1.96. The van der Waals surface area contributed by atoms with Crippen molar-refractivity contribution in [2.75, 3.05) is 6.61 Å². The Morgan fingerprint density at radius 1 is 1.42 bits per heavy atom. The lowest BCUT2D eigenvalue weighted by atomic mass is 10.3. The number of rotatable bonds is 4. The Kier molecular flexibility index (Phi) is 3.02. The van der Waals surface area contributed by atoms with Gasteiger partial charge in [-0.3, -0.25) is 4.79 Å². The molecular formula is C9H9NO2. The molecule has 1 rings (SSSR count). The zero-order valence-electron chi connectivity index (χ0n) is 6.49. The van der Waals surface area contributed by atoms with Crippen LogP contribution in [0.2, 0.25) is 0 Å². The molecule has 0 aliphatic rings. The molecule has 0 heterocycles. The van der Waals surface area contributed by atoms with E-state index >= 15 is 0 Å². The van der Waals surface area contributed by atoms with Crippen molar-refractivity contribution < 1.29 is 9.53 Å². The van der Waals surface area contributed by atoms with E-state index in [-0.39, 0.29) is 12.4 Å². The third-order valence-electron chi connectivity index (χ3n) is 1.29. The number of hydrogen-bond donors (Lipinski definition) is 1. The van der Waals surface area contributed by atoms with Crippen molar-refractivity contribution in [1.29, 1.82) is 5.41 Å². The van der Waals surface area contributed by atoms with Crippen LogP contribution >= 0.6 is 0 Å². The molecule has 0 fully saturated rings. The molecule has 0 radical (unpaired) electrons. The number of para-hydroxylation sites is 1. The van der Waals surface area contributed by atoms with Crippen molar-refractivity contribution in [3.8, 4) is 5.75 Å². The largest absolute Gasteiger partial charge is 0.485 e. The summed E-state index contributed by atoms with van der Waals surface area (Å²) in [4.78, 5) is 10.6. The molecule has 1 N–H and O–H groups in total. The Labute approximate surface area is 70.5 Å². The minimum absolute atomic E-state index is 0.0620. The van der Waals surface area contributed by atoms with Gasteiger partial charge in [-0.25, -0.2) is 0 Å². The molecule has 0 amide bonds. The smallest absolute Gasteiger partial charge is 0.210 e. The molecule has 0 atom stereocenters. The Hall–Kier alpha value is -1.64. The third-order valence-corrected chi connectivity index (χ3v) is 1.29. The van der Waals surface area contributed by atoms with Crippen LogP contribution in [-0.2, 0) is 4.79 Å². The number of benzene rings is 1. The second-order valence-corrected chi connectivity index (χ2v) is 2.21. The van der Waals surface area contributed by atoms with E-state index in [9.17, 15) is 4.79 Å². The summed E-state index contributed by atoms with van der Waals surface area (Å²) in [5, 5.41) is 6.62. The van der Waals surface area contributed by atoms with Gasteiger partial charge in [-0.2, -0.15) is 0 Å². The zero-order chi connectivity index (χ0) is 8.81. The van der Waals surface area contributed by atoms with Crippen LogP contribution in [-0.4, -0.2) is 18.6 Å². The van der Waals surface area contributed by atoms with Crippen LogP contribution in [0, 0.1) is 5.41 Å². The number of hydrogen-bond acceptors (Lipinski definition) is 3. The fourth-order valence-corrected chi connectivity index (χ4v) is 0.713. The maximum Gasteiger partial charge on any atom is 0.210 e. The average molecular weight is 163 g/mol. The molecule has 0 aliphatic heterocycles.